The number of carbonyl (C=O) groups is 2. The van der Waals surface area contributed by atoms with Crippen LogP contribution in [0.4, 0.5) is 5.69 Å². The van der Waals surface area contributed by atoms with Crippen molar-refractivity contribution in [2.75, 3.05) is 4.90 Å². The zero-order chi connectivity index (χ0) is 14.9. The van der Waals surface area contributed by atoms with E-state index in [4.69, 9.17) is 5.73 Å². The van der Waals surface area contributed by atoms with Gasteiger partial charge in [0.2, 0.25) is 11.8 Å². The first-order chi connectivity index (χ1) is 10.1. The molecule has 1 spiro atoms. The van der Waals surface area contributed by atoms with Crippen molar-refractivity contribution in [3.05, 3.63) is 29.8 Å². The van der Waals surface area contributed by atoms with E-state index in [2.05, 4.69) is 0 Å². The fourth-order valence-corrected chi connectivity index (χ4v) is 3.77. The molecular formula is C17H22N2O2. The molecule has 0 atom stereocenters. The van der Waals surface area contributed by atoms with Gasteiger partial charge in [-0.1, -0.05) is 31.4 Å². The Balaban J connectivity index is 1.85. The fraction of sp³-hybridized carbons (Fsp3) is 0.529. The van der Waals surface area contributed by atoms with E-state index in [1.165, 1.54) is 11.3 Å². The molecule has 1 aromatic rings. The van der Waals surface area contributed by atoms with Crippen molar-refractivity contribution >= 4 is 17.5 Å². The first-order valence-electron chi connectivity index (χ1n) is 7.78. The summed E-state index contributed by atoms with van der Waals surface area (Å²) in [4.78, 5) is 26.5. The highest BCUT2D eigenvalue weighted by Gasteiger charge is 2.44. The monoisotopic (exact) mass is 286 g/mol. The van der Waals surface area contributed by atoms with E-state index in [-0.39, 0.29) is 17.2 Å². The van der Waals surface area contributed by atoms with Crippen LogP contribution in [0, 0.1) is 5.41 Å². The van der Waals surface area contributed by atoms with Crippen molar-refractivity contribution in [3.63, 3.8) is 0 Å². The lowest BCUT2D eigenvalue weighted by molar-refractivity contribution is -0.134. The summed E-state index contributed by atoms with van der Waals surface area (Å²) in [5.74, 6) is -0.107. The van der Waals surface area contributed by atoms with E-state index in [0.29, 0.717) is 25.1 Å². The maximum absolute atomic E-state index is 12.6. The van der Waals surface area contributed by atoms with Gasteiger partial charge in [0.1, 0.15) is 0 Å². The van der Waals surface area contributed by atoms with Crippen LogP contribution in [0.25, 0.3) is 0 Å². The van der Waals surface area contributed by atoms with Gasteiger partial charge in [-0.3, -0.25) is 14.5 Å². The molecule has 4 heteroatoms. The van der Waals surface area contributed by atoms with Crippen molar-refractivity contribution in [1.29, 1.82) is 0 Å². The molecule has 0 unspecified atom stereocenters. The van der Waals surface area contributed by atoms with E-state index in [1.54, 1.807) is 0 Å². The average molecular weight is 286 g/mol. The zero-order valence-electron chi connectivity index (χ0n) is 12.3. The molecule has 1 aromatic carbocycles. The molecule has 1 aliphatic heterocycles. The molecule has 21 heavy (non-hydrogen) atoms. The molecule has 1 saturated heterocycles. The Morgan fingerprint density at radius 1 is 1.05 bits per heavy atom. The summed E-state index contributed by atoms with van der Waals surface area (Å²) >= 11 is 0. The lowest BCUT2D eigenvalue weighted by Gasteiger charge is -2.42. The first kappa shape index (κ1) is 14.3. The van der Waals surface area contributed by atoms with E-state index in [1.807, 2.05) is 24.3 Å². The van der Waals surface area contributed by atoms with Gasteiger partial charge in [0.15, 0.2) is 0 Å². The number of amides is 2. The minimum Gasteiger partial charge on any atom is -0.326 e. The van der Waals surface area contributed by atoms with Crippen LogP contribution in [-0.2, 0) is 16.1 Å². The summed E-state index contributed by atoms with van der Waals surface area (Å²) in [7, 11) is 0. The second-order valence-corrected chi connectivity index (χ2v) is 6.41. The number of benzene rings is 1. The predicted molar refractivity (Wildman–Crippen MR) is 81.6 cm³/mol. The minimum atomic E-state index is -0.0611. The van der Waals surface area contributed by atoms with Crippen LogP contribution < -0.4 is 10.6 Å². The van der Waals surface area contributed by atoms with Gasteiger partial charge in [-0.15, -0.1) is 0 Å². The summed E-state index contributed by atoms with van der Waals surface area (Å²) < 4.78 is 0. The normalized spacial score (nSPS) is 21.9. The van der Waals surface area contributed by atoms with Crippen LogP contribution >= 0.6 is 0 Å². The largest absolute Gasteiger partial charge is 0.326 e. The highest BCUT2D eigenvalue weighted by molar-refractivity contribution is 6.17. The van der Waals surface area contributed by atoms with Crippen LogP contribution in [0.15, 0.2) is 24.3 Å². The number of nitrogens with zero attached hydrogens (tertiary/aromatic N) is 1. The molecule has 1 saturated carbocycles. The topological polar surface area (TPSA) is 63.4 Å². The second-order valence-electron chi connectivity index (χ2n) is 6.41. The maximum atomic E-state index is 12.6. The van der Waals surface area contributed by atoms with Gasteiger partial charge >= 0.3 is 0 Å². The summed E-state index contributed by atoms with van der Waals surface area (Å²) in [6.45, 7) is 0.411. The Labute approximate surface area is 125 Å². The lowest BCUT2D eigenvalue weighted by atomic mass is 9.67. The van der Waals surface area contributed by atoms with Crippen LogP contribution in [0.5, 0.6) is 0 Å². The molecule has 2 N–H and O–H groups in total. The number of piperidine rings is 1. The Hall–Kier alpha value is -1.68. The highest BCUT2D eigenvalue weighted by Crippen LogP contribution is 2.46. The molecular weight excluding hydrogens is 264 g/mol. The van der Waals surface area contributed by atoms with Gasteiger partial charge in [0.05, 0.1) is 5.69 Å². The Morgan fingerprint density at radius 3 is 2.33 bits per heavy atom. The molecule has 0 bridgehead atoms. The van der Waals surface area contributed by atoms with Crippen molar-refractivity contribution in [1.82, 2.24) is 0 Å². The molecule has 2 aliphatic rings. The molecule has 0 aromatic heterocycles. The third-order valence-corrected chi connectivity index (χ3v) is 4.87. The maximum Gasteiger partial charge on any atom is 0.234 e. The Morgan fingerprint density at radius 2 is 1.71 bits per heavy atom. The number of rotatable bonds is 2. The highest BCUT2D eigenvalue weighted by atomic mass is 16.2. The Kier molecular flexibility index (Phi) is 3.81. The summed E-state index contributed by atoms with van der Waals surface area (Å²) in [5.41, 5.74) is 7.18. The smallest absolute Gasteiger partial charge is 0.234 e. The first-order valence-corrected chi connectivity index (χ1v) is 7.78. The summed E-state index contributed by atoms with van der Waals surface area (Å²) in [5, 5.41) is 0. The number of nitrogens with two attached hydrogens (primary N) is 1. The van der Waals surface area contributed by atoms with Crippen LogP contribution in [0.1, 0.15) is 50.5 Å². The van der Waals surface area contributed by atoms with Crippen LogP contribution in [0.3, 0.4) is 0 Å². The molecule has 1 aliphatic carbocycles. The van der Waals surface area contributed by atoms with Gasteiger partial charge in [0.25, 0.3) is 0 Å². The number of imide groups is 1. The third-order valence-electron chi connectivity index (χ3n) is 4.87. The van der Waals surface area contributed by atoms with Crippen LogP contribution in [-0.4, -0.2) is 11.8 Å². The molecule has 3 rings (SSSR count). The van der Waals surface area contributed by atoms with Gasteiger partial charge in [-0.05, 0) is 36.0 Å². The second kappa shape index (κ2) is 5.60. The van der Waals surface area contributed by atoms with Crippen molar-refractivity contribution < 1.29 is 9.59 Å². The van der Waals surface area contributed by atoms with Crippen molar-refractivity contribution in [3.8, 4) is 0 Å². The summed E-state index contributed by atoms with van der Waals surface area (Å²) in [6.07, 6.45) is 6.55. The SMILES string of the molecule is NCc1cccc(N2C(=O)CC3(CCCCC3)CC2=O)c1. The van der Waals surface area contributed by atoms with E-state index >= 15 is 0 Å². The lowest BCUT2D eigenvalue weighted by Crippen LogP contribution is -2.48. The van der Waals surface area contributed by atoms with E-state index < -0.39 is 0 Å². The number of hydrogen-bond donors (Lipinski definition) is 1. The quantitative estimate of drug-likeness (QED) is 0.850. The van der Waals surface area contributed by atoms with E-state index in [0.717, 1.165) is 31.2 Å². The summed E-state index contributed by atoms with van der Waals surface area (Å²) in [6, 6.07) is 7.41. The predicted octanol–water partition coefficient (Wildman–Crippen LogP) is 2.75. The van der Waals surface area contributed by atoms with Gasteiger partial charge < -0.3 is 5.73 Å². The van der Waals surface area contributed by atoms with E-state index in [9.17, 15) is 9.59 Å². The molecule has 112 valence electrons. The van der Waals surface area contributed by atoms with Crippen LogP contribution in [0.2, 0.25) is 0 Å². The van der Waals surface area contributed by atoms with Crippen molar-refractivity contribution in [2.24, 2.45) is 11.1 Å². The standard InChI is InChI=1S/C17H22N2O2/c18-12-13-5-4-6-14(9-13)19-15(20)10-17(11-16(19)21)7-2-1-3-8-17/h4-6,9H,1-3,7-8,10-12,18H2. The zero-order valence-corrected chi connectivity index (χ0v) is 12.3. The van der Waals surface area contributed by atoms with Gasteiger partial charge in [-0.25, -0.2) is 0 Å². The molecule has 0 radical (unpaired) electrons. The molecule has 2 fully saturated rings. The minimum absolute atomic E-state index is 0.0534. The molecule has 4 nitrogen and oxygen atoms in total. The number of carbonyl (C=O) groups excluding carboxylic acids is 2. The third kappa shape index (κ3) is 2.72. The molecule has 1 heterocycles. The Bertz CT molecular complexity index is 542. The number of hydrogen-bond acceptors (Lipinski definition) is 3. The van der Waals surface area contributed by atoms with Crippen molar-refractivity contribution in [2.45, 2.75) is 51.5 Å². The number of anilines is 1. The van der Waals surface area contributed by atoms with Gasteiger partial charge in [-0.2, -0.15) is 0 Å². The van der Waals surface area contributed by atoms with Gasteiger partial charge in [0, 0.05) is 19.4 Å². The molecule has 2 amide bonds. The fourth-order valence-electron chi connectivity index (χ4n) is 3.77. The average Bonchev–Trinajstić information content (AvgIpc) is 2.47.